The van der Waals surface area contributed by atoms with E-state index in [9.17, 15) is 0 Å². The highest BCUT2D eigenvalue weighted by atomic mass is 35.5. The van der Waals surface area contributed by atoms with Crippen molar-refractivity contribution in [2.75, 3.05) is 11.6 Å². The summed E-state index contributed by atoms with van der Waals surface area (Å²) in [5.41, 5.74) is 1.29. The molecular weight excluding hydrogens is 248 g/mol. The predicted octanol–water partition coefficient (Wildman–Crippen LogP) is 2.79. The maximum atomic E-state index is 5.95. The molecule has 1 aliphatic heterocycles. The van der Waals surface area contributed by atoms with Crippen molar-refractivity contribution in [1.82, 2.24) is 14.9 Å². The van der Waals surface area contributed by atoms with Gasteiger partial charge in [-0.05, 0) is 37.0 Å². The van der Waals surface area contributed by atoms with Crippen LogP contribution in [0.15, 0.2) is 36.9 Å². The number of hydrogen-bond donors (Lipinski definition) is 0. The van der Waals surface area contributed by atoms with E-state index in [2.05, 4.69) is 27.2 Å². The third kappa shape index (κ3) is 2.20. The molecule has 0 radical (unpaired) electrons. The Kier molecular flexibility index (Phi) is 3.19. The number of benzene rings is 1. The molecule has 3 rings (SSSR count). The summed E-state index contributed by atoms with van der Waals surface area (Å²) in [6.45, 7) is 1.01. The largest absolute Gasteiger partial charge is 0.288 e. The van der Waals surface area contributed by atoms with E-state index >= 15 is 0 Å². The van der Waals surface area contributed by atoms with Crippen LogP contribution in [-0.2, 0) is 0 Å². The van der Waals surface area contributed by atoms with E-state index in [4.69, 9.17) is 11.6 Å². The fourth-order valence-electron chi connectivity index (χ4n) is 2.52. The van der Waals surface area contributed by atoms with E-state index in [0.29, 0.717) is 6.04 Å². The first-order valence-electron chi connectivity index (χ1n) is 6.21. The summed E-state index contributed by atoms with van der Waals surface area (Å²) in [6.07, 6.45) is 6.92. The number of rotatable bonds is 2. The van der Waals surface area contributed by atoms with Crippen LogP contribution in [-0.4, -0.2) is 21.4 Å². The molecule has 1 unspecified atom stereocenters. The smallest absolute Gasteiger partial charge is 0.139 e. The quantitative estimate of drug-likeness (QED) is 0.835. The van der Waals surface area contributed by atoms with E-state index in [1.54, 1.807) is 12.7 Å². The van der Waals surface area contributed by atoms with Gasteiger partial charge in [0.2, 0.25) is 0 Å². The van der Waals surface area contributed by atoms with E-state index in [1.807, 2.05) is 16.9 Å². The summed E-state index contributed by atoms with van der Waals surface area (Å²) >= 11 is 5.95. The average molecular weight is 263 g/mol. The lowest BCUT2D eigenvalue weighted by Crippen LogP contribution is -2.42. The van der Waals surface area contributed by atoms with Gasteiger partial charge in [-0.1, -0.05) is 23.7 Å². The van der Waals surface area contributed by atoms with Crippen molar-refractivity contribution in [3.63, 3.8) is 0 Å². The van der Waals surface area contributed by atoms with Gasteiger partial charge in [-0.3, -0.25) is 5.01 Å². The summed E-state index contributed by atoms with van der Waals surface area (Å²) in [6, 6.07) is 8.46. The highest BCUT2D eigenvalue weighted by Gasteiger charge is 2.24. The number of piperidine rings is 1. The summed E-state index contributed by atoms with van der Waals surface area (Å²) in [5, 5.41) is 7.28. The van der Waals surface area contributed by atoms with Gasteiger partial charge in [-0.25, -0.2) is 4.98 Å². The molecule has 1 saturated heterocycles. The highest BCUT2D eigenvalue weighted by molar-refractivity contribution is 6.30. The summed E-state index contributed by atoms with van der Waals surface area (Å²) < 4.78 is 0. The van der Waals surface area contributed by atoms with Gasteiger partial charge in [0.15, 0.2) is 0 Å². The molecular formula is C13H15ClN4. The van der Waals surface area contributed by atoms with Crippen LogP contribution in [0.3, 0.4) is 0 Å². The minimum Gasteiger partial charge on any atom is -0.288 e. The molecule has 0 amide bonds. The lowest BCUT2D eigenvalue weighted by atomic mass is 9.97. The zero-order valence-corrected chi connectivity index (χ0v) is 10.8. The van der Waals surface area contributed by atoms with E-state index in [1.165, 1.54) is 18.4 Å². The molecule has 0 aliphatic carbocycles. The van der Waals surface area contributed by atoms with Crippen molar-refractivity contribution in [2.24, 2.45) is 0 Å². The van der Waals surface area contributed by atoms with Gasteiger partial charge in [-0.15, -0.1) is 5.10 Å². The number of halogens is 1. The summed E-state index contributed by atoms with van der Waals surface area (Å²) in [7, 11) is 0. The molecule has 2 aromatic rings. The molecule has 1 atom stereocenters. The molecule has 1 aliphatic rings. The lowest BCUT2D eigenvalue weighted by molar-refractivity contribution is 0.366. The minimum atomic E-state index is 0.359. The molecule has 94 valence electrons. The molecule has 18 heavy (non-hydrogen) atoms. The fourth-order valence-corrected chi connectivity index (χ4v) is 2.65. The van der Waals surface area contributed by atoms with Crippen LogP contribution < -0.4 is 5.01 Å². The van der Waals surface area contributed by atoms with E-state index in [0.717, 1.165) is 18.0 Å². The summed E-state index contributed by atoms with van der Waals surface area (Å²) in [4.78, 5) is 5.87. The number of nitrogens with zero attached hydrogens (tertiary/aromatic N) is 4. The molecule has 5 heteroatoms. The second-order valence-electron chi connectivity index (χ2n) is 4.54. The van der Waals surface area contributed by atoms with Crippen LogP contribution in [0.1, 0.15) is 30.9 Å². The van der Waals surface area contributed by atoms with Crippen molar-refractivity contribution in [2.45, 2.75) is 25.3 Å². The van der Waals surface area contributed by atoms with Crippen LogP contribution in [0.25, 0.3) is 0 Å². The van der Waals surface area contributed by atoms with Gasteiger partial charge >= 0.3 is 0 Å². The van der Waals surface area contributed by atoms with Gasteiger partial charge in [0, 0.05) is 11.6 Å². The Morgan fingerprint density at radius 3 is 2.72 bits per heavy atom. The molecule has 1 fully saturated rings. The Hall–Kier alpha value is -1.55. The number of aromatic nitrogens is 3. The topological polar surface area (TPSA) is 34.0 Å². The average Bonchev–Trinajstić information content (AvgIpc) is 2.93. The SMILES string of the molecule is Clc1ccc(C2CCCCN2n2cncn2)cc1. The first-order chi connectivity index (χ1) is 8.84. The highest BCUT2D eigenvalue weighted by Crippen LogP contribution is 2.29. The maximum Gasteiger partial charge on any atom is 0.139 e. The van der Waals surface area contributed by atoms with Crippen molar-refractivity contribution in [3.8, 4) is 0 Å². The van der Waals surface area contributed by atoms with Crippen LogP contribution in [0, 0.1) is 0 Å². The molecule has 0 bridgehead atoms. The first kappa shape index (κ1) is 11.5. The Labute approximate surface area is 111 Å². The van der Waals surface area contributed by atoms with Crippen LogP contribution >= 0.6 is 11.6 Å². The Bertz CT molecular complexity index is 494. The standard InChI is InChI=1S/C13H15ClN4/c14-12-6-4-11(5-7-12)13-3-1-2-8-17(13)18-10-15-9-16-18/h4-7,9-10,13H,1-3,8H2. The lowest BCUT2D eigenvalue weighted by Gasteiger charge is -2.36. The Morgan fingerprint density at radius 1 is 1.17 bits per heavy atom. The Balaban J connectivity index is 1.90. The molecule has 0 spiro atoms. The molecule has 0 saturated carbocycles. The van der Waals surface area contributed by atoms with Gasteiger partial charge in [0.05, 0.1) is 6.04 Å². The van der Waals surface area contributed by atoms with Crippen molar-refractivity contribution in [1.29, 1.82) is 0 Å². The van der Waals surface area contributed by atoms with Crippen LogP contribution in [0.5, 0.6) is 0 Å². The first-order valence-corrected chi connectivity index (χ1v) is 6.59. The minimum absolute atomic E-state index is 0.359. The van der Waals surface area contributed by atoms with Crippen LogP contribution in [0.4, 0.5) is 0 Å². The maximum absolute atomic E-state index is 5.95. The third-order valence-corrected chi connectivity index (χ3v) is 3.65. The number of hydrogen-bond acceptors (Lipinski definition) is 3. The van der Waals surface area contributed by atoms with Gasteiger partial charge < -0.3 is 0 Å². The Morgan fingerprint density at radius 2 is 2.00 bits per heavy atom. The van der Waals surface area contributed by atoms with E-state index < -0.39 is 0 Å². The van der Waals surface area contributed by atoms with E-state index in [-0.39, 0.29) is 0 Å². The molecule has 2 heterocycles. The molecule has 1 aromatic carbocycles. The normalized spacial score (nSPS) is 20.1. The summed E-state index contributed by atoms with van der Waals surface area (Å²) in [5.74, 6) is 0. The van der Waals surface area contributed by atoms with Crippen LogP contribution in [0.2, 0.25) is 5.02 Å². The second kappa shape index (κ2) is 4.98. The van der Waals surface area contributed by atoms with Gasteiger partial charge in [0.1, 0.15) is 12.7 Å². The fraction of sp³-hybridized carbons (Fsp3) is 0.385. The zero-order chi connectivity index (χ0) is 12.4. The van der Waals surface area contributed by atoms with Crippen molar-refractivity contribution < 1.29 is 0 Å². The third-order valence-electron chi connectivity index (χ3n) is 3.40. The van der Waals surface area contributed by atoms with Gasteiger partial charge in [0.25, 0.3) is 0 Å². The van der Waals surface area contributed by atoms with Crippen molar-refractivity contribution >= 4 is 11.6 Å². The molecule has 1 aromatic heterocycles. The monoisotopic (exact) mass is 262 g/mol. The molecule has 0 N–H and O–H groups in total. The second-order valence-corrected chi connectivity index (χ2v) is 4.98. The van der Waals surface area contributed by atoms with Crippen molar-refractivity contribution in [3.05, 3.63) is 47.5 Å². The molecule has 4 nitrogen and oxygen atoms in total. The van der Waals surface area contributed by atoms with Gasteiger partial charge in [-0.2, -0.15) is 4.79 Å². The predicted molar refractivity (Wildman–Crippen MR) is 71.2 cm³/mol. The zero-order valence-electron chi connectivity index (χ0n) is 10.0.